The second-order valence-corrected chi connectivity index (χ2v) is 6.97. The molecule has 0 bridgehead atoms. The number of H-pyrrole nitrogens is 1. The van der Waals surface area contributed by atoms with E-state index in [0.29, 0.717) is 17.0 Å². The van der Waals surface area contributed by atoms with E-state index in [9.17, 15) is 29.3 Å². The summed E-state index contributed by atoms with van der Waals surface area (Å²) in [6.07, 6.45) is 0. The first kappa shape index (κ1) is 25.5. The second kappa shape index (κ2) is 11.3. The van der Waals surface area contributed by atoms with Crippen LogP contribution in [-0.2, 0) is 14.4 Å². The van der Waals surface area contributed by atoms with Gasteiger partial charge in [0.2, 0.25) is 0 Å². The number of rotatable bonds is 9. The number of nitrogens with zero attached hydrogens (tertiary/aromatic N) is 2. The predicted molar refractivity (Wildman–Crippen MR) is 123 cm³/mol. The van der Waals surface area contributed by atoms with Crippen LogP contribution in [0.4, 0.5) is 0 Å². The van der Waals surface area contributed by atoms with Gasteiger partial charge in [0.1, 0.15) is 5.75 Å². The number of ether oxygens (including phenoxy) is 2. The van der Waals surface area contributed by atoms with E-state index >= 15 is 0 Å². The van der Waals surface area contributed by atoms with Gasteiger partial charge in [-0.1, -0.05) is 12.1 Å². The van der Waals surface area contributed by atoms with E-state index in [2.05, 4.69) is 15.4 Å². The lowest BCUT2D eigenvalue weighted by atomic mass is 10.1. The molecule has 0 atom stereocenters. The summed E-state index contributed by atoms with van der Waals surface area (Å²) < 4.78 is 11.8. The number of aromatic nitrogens is 2. The van der Waals surface area contributed by atoms with Gasteiger partial charge >= 0.3 is 5.97 Å². The summed E-state index contributed by atoms with van der Waals surface area (Å²) in [7, 11) is 1.45. The third-order valence-electron chi connectivity index (χ3n) is 4.75. The highest BCUT2D eigenvalue weighted by Gasteiger charge is 2.26. The van der Waals surface area contributed by atoms with Crippen LogP contribution in [-0.4, -0.2) is 53.0 Å². The number of methoxy groups -OCH3 is 1. The maximum absolute atomic E-state index is 12.8. The lowest BCUT2D eigenvalue weighted by Crippen LogP contribution is -2.43. The molecule has 0 aliphatic rings. The first-order chi connectivity index (χ1) is 17.3. The van der Waals surface area contributed by atoms with E-state index < -0.39 is 35.0 Å². The molecule has 1 aromatic heterocycles. The number of benzene rings is 2. The van der Waals surface area contributed by atoms with Crippen molar-refractivity contribution in [2.24, 2.45) is 0 Å². The predicted octanol–water partition coefficient (Wildman–Crippen LogP) is 0.987. The average Bonchev–Trinajstić information content (AvgIpc) is 3.23. The van der Waals surface area contributed by atoms with Crippen LogP contribution in [0.1, 0.15) is 27.6 Å². The van der Waals surface area contributed by atoms with Gasteiger partial charge in [-0.15, -0.1) is 10.1 Å². The molecule has 0 spiro atoms. The number of carbonyl (C=O) groups is 3. The number of hydrazine groups is 1. The third kappa shape index (κ3) is 5.67. The minimum Gasteiger partial charge on any atom is -0.496 e. The van der Waals surface area contributed by atoms with Crippen molar-refractivity contribution in [2.45, 2.75) is 6.92 Å². The molecule has 0 aliphatic carbocycles. The molecule has 36 heavy (non-hydrogen) atoms. The number of hydrogen-bond acceptors (Lipinski definition) is 9. The van der Waals surface area contributed by atoms with Crippen LogP contribution >= 0.6 is 0 Å². The van der Waals surface area contributed by atoms with Crippen molar-refractivity contribution in [3.63, 3.8) is 0 Å². The fraction of sp³-hybridized carbons (Fsp3) is 0.182. The molecule has 0 fully saturated rings. The largest absolute Gasteiger partial charge is 0.496 e. The first-order valence-corrected chi connectivity index (χ1v) is 10.4. The van der Waals surface area contributed by atoms with E-state index in [1.54, 1.807) is 31.2 Å². The first-order valence-electron chi connectivity index (χ1n) is 10.4. The van der Waals surface area contributed by atoms with Gasteiger partial charge in [-0.25, -0.2) is 4.79 Å². The summed E-state index contributed by atoms with van der Waals surface area (Å²) in [5.74, 6) is -2.06. The Morgan fingerprint density at radius 2 is 1.78 bits per heavy atom. The molecule has 3 aromatic rings. The van der Waals surface area contributed by atoms with Crippen LogP contribution in [0.25, 0.3) is 16.9 Å². The minimum atomic E-state index is -1.14. The number of nitrogens with one attached hydrogen (secondary N) is 3. The van der Waals surface area contributed by atoms with E-state index in [0.717, 1.165) is 0 Å². The zero-order valence-corrected chi connectivity index (χ0v) is 19.1. The van der Waals surface area contributed by atoms with Gasteiger partial charge in [0.25, 0.3) is 22.5 Å². The van der Waals surface area contributed by atoms with Crippen LogP contribution < -0.4 is 21.1 Å². The van der Waals surface area contributed by atoms with Crippen LogP contribution in [0.5, 0.6) is 5.75 Å². The molecule has 0 saturated heterocycles. The van der Waals surface area contributed by atoms with Gasteiger partial charge in [-0.2, -0.15) is 0 Å². The molecule has 188 valence electrons. The summed E-state index contributed by atoms with van der Waals surface area (Å²) in [5.41, 5.74) is 4.32. The van der Waals surface area contributed by atoms with Gasteiger partial charge in [0.05, 0.1) is 25.1 Å². The maximum Gasteiger partial charge on any atom is 0.346 e. The van der Waals surface area contributed by atoms with Crippen LogP contribution in [0.2, 0.25) is 0 Å². The quantitative estimate of drug-likeness (QED) is 0.219. The minimum absolute atomic E-state index is 0.0628. The number of para-hydroxylation sites is 1. The standard InChI is InChI=1S/C22H21N5O9/c1-3-35-22(31)18-19(15-6-4-5-7-16(15)34-2)26(25-21(18)30)14-10-8-13(9-11-14)20(29)24-23-17(28)12-36-27(32)33/h4-11H,3,12H2,1-2H3,(H,23,28)(H,24,29)(H,25,30). The molecule has 3 N–H and O–H groups in total. The number of amides is 2. The molecular formula is C22H21N5O9. The Bertz CT molecular complexity index is 1340. The number of hydrogen-bond donors (Lipinski definition) is 3. The monoisotopic (exact) mass is 499 g/mol. The molecule has 14 heteroatoms. The SMILES string of the molecule is CCOC(=O)c1c(-c2ccccc2OC)n(-c2ccc(C(=O)NNC(=O)CO[N+](=O)[O-])cc2)[nH]c1=O. The number of carbonyl (C=O) groups excluding carboxylic acids is 3. The molecule has 1 heterocycles. The maximum atomic E-state index is 12.8. The Balaban J connectivity index is 1.94. The van der Waals surface area contributed by atoms with Crippen molar-refractivity contribution in [1.29, 1.82) is 0 Å². The van der Waals surface area contributed by atoms with Crippen molar-refractivity contribution >= 4 is 17.8 Å². The van der Waals surface area contributed by atoms with Crippen LogP contribution in [0.15, 0.2) is 53.3 Å². The van der Waals surface area contributed by atoms with Crippen molar-refractivity contribution < 1.29 is 33.8 Å². The summed E-state index contributed by atoms with van der Waals surface area (Å²) in [5, 5.41) is 11.6. The highest BCUT2D eigenvalue weighted by molar-refractivity contribution is 5.98. The van der Waals surface area contributed by atoms with Gasteiger partial charge in [0.15, 0.2) is 12.2 Å². The average molecular weight is 499 g/mol. The number of aromatic amines is 1. The van der Waals surface area contributed by atoms with E-state index in [1.807, 2.05) is 5.43 Å². The summed E-state index contributed by atoms with van der Waals surface area (Å²) in [6.45, 7) is 0.794. The molecular weight excluding hydrogens is 478 g/mol. The molecule has 2 amide bonds. The summed E-state index contributed by atoms with van der Waals surface area (Å²) >= 11 is 0. The zero-order valence-electron chi connectivity index (χ0n) is 19.1. The summed E-state index contributed by atoms with van der Waals surface area (Å²) in [6, 6.07) is 12.6. The molecule has 14 nitrogen and oxygen atoms in total. The van der Waals surface area contributed by atoms with Crippen molar-refractivity contribution in [2.75, 3.05) is 20.3 Å². The highest BCUT2D eigenvalue weighted by atomic mass is 16.9. The van der Waals surface area contributed by atoms with E-state index in [-0.39, 0.29) is 23.4 Å². The van der Waals surface area contributed by atoms with E-state index in [4.69, 9.17) is 9.47 Å². The fourth-order valence-corrected chi connectivity index (χ4v) is 3.22. The van der Waals surface area contributed by atoms with Gasteiger partial charge < -0.3 is 14.3 Å². The van der Waals surface area contributed by atoms with Gasteiger partial charge in [-0.05, 0) is 43.3 Å². The fourth-order valence-electron chi connectivity index (χ4n) is 3.22. The molecule has 0 unspecified atom stereocenters. The van der Waals surface area contributed by atoms with Crippen molar-refractivity contribution in [3.8, 4) is 22.7 Å². The van der Waals surface area contributed by atoms with Crippen molar-refractivity contribution in [3.05, 3.63) is 80.1 Å². The van der Waals surface area contributed by atoms with E-state index in [1.165, 1.54) is 36.1 Å². The number of esters is 1. The molecule has 0 saturated carbocycles. The Morgan fingerprint density at radius 3 is 2.42 bits per heavy atom. The Morgan fingerprint density at radius 1 is 1.08 bits per heavy atom. The molecule has 3 rings (SSSR count). The topological polar surface area (TPSA) is 184 Å². The van der Waals surface area contributed by atoms with Gasteiger partial charge in [-0.3, -0.25) is 35.0 Å². The molecule has 2 aromatic carbocycles. The zero-order chi connectivity index (χ0) is 26.2. The Hall–Kier alpha value is -5.14. The Kier molecular flexibility index (Phi) is 8.02. The normalized spacial score (nSPS) is 10.3. The smallest absolute Gasteiger partial charge is 0.346 e. The summed E-state index contributed by atoms with van der Waals surface area (Å²) in [4.78, 5) is 63.1. The van der Waals surface area contributed by atoms with Crippen molar-refractivity contribution in [1.82, 2.24) is 20.6 Å². The lowest BCUT2D eigenvalue weighted by Gasteiger charge is -2.14. The van der Waals surface area contributed by atoms with Gasteiger partial charge in [0, 0.05) is 11.1 Å². The lowest BCUT2D eigenvalue weighted by molar-refractivity contribution is -0.754. The Labute approximate surface area is 202 Å². The molecule has 0 aliphatic heterocycles. The van der Waals surface area contributed by atoms with Crippen LogP contribution in [0, 0.1) is 10.1 Å². The van der Waals surface area contributed by atoms with Crippen LogP contribution in [0.3, 0.4) is 0 Å². The third-order valence-corrected chi connectivity index (χ3v) is 4.75. The molecule has 0 radical (unpaired) electrons. The highest BCUT2D eigenvalue weighted by Crippen LogP contribution is 2.33. The second-order valence-electron chi connectivity index (χ2n) is 6.97.